The number of rotatable bonds is 5. The van der Waals surface area contributed by atoms with Crippen molar-refractivity contribution in [3.8, 4) is 0 Å². The van der Waals surface area contributed by atoms with E-state index in [9.17, 15) is 19.5 Å². The fraction of sp³-hybridized carbons (Fsp3) is 0.421. The average molecular weight is 466 g/mol. The molecule has 2 aliphatic heterocycles. The molecule has 4 rings (SSSR count). The summed E-state index contributed by atoms with van der Waals surface area (Å²) in [6.45, 7) is 1.92. The number of ether oxygens (including phenoxy) is 1. The average Bonchev–Trinajstić information content (AvgIpc) is 3.18. The second kappa shape index (κ2) is 9.25. The predicted octanol–water partition coefficient (Wildman–Crippen LogP) is 1.81. The Bertz CT molecular complexity index is 1000. The lowest BCUT2D eigenvalue weighted by Crippen LogP contribution is -2.35. The van der Waals surface area contributed by atoms with Gasteiger partial charge >= 0.3 is 5.97 Å². The van der Waals surface area contributed by atoms with Gasteiger partial charge in [0.2, 0.25) is 17.6 Å². The molecule has 0 bridgehead atoms. The molecule has 0 saturated carbocycles. The van der Waals surface area contributed by atoms with E-state index < -0.39 is 17.1 Å². The van der Waals surface area contributed by atoms with Crippen molar-refractivity contribution in [2.75, 3.05) is 31.6 Å². The highest BCUT2D eigenvalue weighted by molar-refractivity contribution is 7.99. The van der Waals surface area contributed by atoms with Gasteiger partial charge in [-0.1, -0.05) is 11.6 Å². The zero-order valence-corrected chi connectivity index (χ0v) is 18.0. The van der Waals surface area contributed by atoms with Crippen LogP contribution < -0.4 is 5.32 Å². The fourth-order valence-corrected chi connectivity index (χ4v) is 4.92. The largest absolute Gasteiger partial charge is 0.475 e. The maximum absolute atomic E-state index is 13.1. The molecular formula is C19H20ClN5O5S. The number of carbonyl (C=O) groups excluding carboxylic acids is 2. The topological polar surface area (TPSA) is 127 Å². The number of aromatic nitrogens is 3. The number of halogens is 1. The van der Waals surface area contributed by atoms with E-state index >= 15 is 0 Å². The highest BCUT2D eigenvalue weighted by Crippen LogP contribution is 2.43. The number of amides is 2. The van der Waals surface area contributed by atoms with Gasteiger partial charge in [0.25, 0.3) is 0 Å². The number of hydrogen-bond donors (Lipinski definition) is 2. The molecule has 1 fully saturated rings. The van der Waals surface area contributed by atoms with Crippen LogP contribution in [0, 0.1) is 0 Å². The molecule has 10 nitrogen and oxygen atoms in total. The molecule has 0 spiro atoms. The first kappa shape index (κ1) is 21.6. The van der Waals surface area contributed by atoms with Crippen molar-refractivity contribution in [3.05, 3.63) is 40.6 Å². The molecule has 2 N–H and O–H groups in total. The molecule has 4 heterocycles. The van der Waals surface area contributed by atoms with Crippen molar-refractivity contribution in [3.63, 3.8) is 0 Å². The molecule has 164 valence electrons. The second-order valence-electron chi connectivity index (χ2n) is 7.05. The van der Waals surface area contributed by atoms with Crippen LogP contribution in [0.15, 0.2) is 18.3 Å². The molecule has 12 heteroatoms. The fourth-order valence-electron chi connectivity index (χ4n) is 3.54. The van der Waals surface area contributed by atoms with Gasteiger partial charge in [-0.25, -0.2) is 14.8 Å². The molecule has 2 amide bonds. The Morgan fingerprint density at radius 2 is 2.13 bits per heavy atom. The number of nitrogens with zero attached hydrogens (tertiary/aromatic N) is 4. The summed E-state index contributed by atoms with van der Waals surface area (Å²) in [6.07, 6.45) is 2.15. The lowest BCUT2D eigenvalue weighted by atomic mass is 10.2. The first-order valence-electron chi connectivity index (χ1n) is 9.66. The van der Waals surface area contributed by atoms with Crippen LogP contribution in [0.3, 0.4) is 0 Å². The molecule has 1 atom stereocenters. The summed E-state index contributed by atoms with van der Waals surface area (Å²) >= 11 is 7.18. The first-order valence-corrected chi connectivity index (χ1v) is 11.1. The van der Waals surface area contributed by atoms with E-state index in [1.54, 1.807) is 17.0 Å². The summed E-state index contributed by atoms with van der Waals surface area (Å²) < 4.78 is 6.76. The molecule has 0 aromatic carbocycles. The molecule has 0 radical (unpaired) electrons. The minimum Gasteiger partial charge on any atom is -0.475 e. The van der Waals surface area contributed by atoms with Crippen LogP contribution in [-0.4, -0.2) is 68.6 Å². The summed E-state index contributed by atoms with van der Waals surface area (Å²) in [4.78, 5) is 47.3. The van der Waals surface area contributed by atoms with Gasteiger partial charge in [0.05, 0.1) is 23.0 Å². The Labute approximate surface area is 186 Å². The van der Waals surface area contributed by atoms with Crippen molar-refractivity contribution in [2.24, 2.45) is 0 Å². The molecule has 2 aliphatic rings. The number of imidazole rings is 1. The molecule has 1 unspecified atom stereocenters. The highest BCUT2D eigenvalue weighted by Gasteiger charge is 2.39. The van der Waals surface area contributed by atoms with E-state index in [-0.39, 0.29) is 18.3 Å². The maximum atomic E-state index is 13.1. The molecule has 2 aromatic heterocycles. The van der Waals surface area contributed by atoms with Gasteiger partial charge in [-0.15, -0.1) is 11.8 Å². The van der Waals surface area contributed by atoms with Crippen molar-refractivity contribution < 1.29 is 24.2 Å². The van der Waals surface area contributed by atoms with E-state index in [2.05, 4.69) is 15.3 Å². The lowest BCUT2D eigenvalue weighted by molar-refractivity contribution is -0.130. The van der Waals surface area contributed by atoms with Crippen LogP contribution in [0.1, 0.15) is 33.7 Å². The van der Waals surface area contributed by atoms with E-state index in [1.807, 2.05) is 0 Å². The van der Waals surface area contributed by atoms with Gasteiger partial charge in [0.15, 0.2) is 0 Å². The van der Waals surface area contributed by atoms with Crippen molar-refractivity contribution >= 4 is 47.0 Å². The Morgan fingerprint density at radius 1 is 1.29 bits per heavy atom. The number of hydrogen-bond acceptors (Lipinski definition) is 7. The molecule has 2 aromatic rings. The quantitative estimate of drug-likeness (QED) is 0.684. The summed E-state index contributed by atoms with van der Waals surface area (Å²) in [5.41, 5.74) is 0.987. The van der Waals surface area contributed by atoms with Gasteiger partial charge < -0.3 is 24.6 Å². The number of pyridine rings is 1. The third-order valence-corrected chi connectivity index (χ3v) is 6.41. The van der Waals surface area contributed by atoms with Crippen LogP contribution in [0.2, 0.25) is 5.02 Å². The Kier molecular flexibility index (Phi) is 6.44. The summed E-state index contributed by atoms with van der Waals surface area (Å²) in [6, 6.07) is 3.13. The Balaban J connectivity index is 1.55. The number of anilines is 1. The molecule has 0 aliphatic carbocycles. The van der Waals surface area contributed by atoms with Crippen LogP contribution in [0.5, 0.6) is 0 Å². The second-order valence-corrected chi connectivity index (χ2v) is 8.58. The zero-order valence-electron chi connectivity index (χ0n) is 16.4. The minimum absolute atomic E-state index is 0.106. The maximum Gasteiger partial charge on any atom is 0.372 e. The normalized spacial score (nSPS) is 18.4. The molecule has 1 saturated heterocycles. The van der Waals surface area contributed by atoms with Crippen LogP contribution >= 0.6 is 23.4 Å². The first-order chi connectivity index (χ1) is 14.9. The summed E-state index contributed by atoms with van der Waals surface area (Å²) in [5.74, 6) is -1.39. The smallest absolute Gasteiger partial charge is 0.372 e. The minimum atomic E-state index is -1.26. The number of nitrogens with one attached hydrogen (secondary N) is 1. The molecular weight excluding hydrogens is 446 g/mol. The van der Waals surface area contributed by atoms with E-state index in [4.69, 9.17) is 16.3 Å². The number of aromatic carboxylic acids is 1. The van der Waals surface area contributed by atoms with E-state index in [1.165, 1.54) is 22.5 Å². The number of thioether (sulfide) groups is 1. The van der Waals surface area contributed by atoms with Crippen molar-refractivity contribution in [1.29, 1.82) is 0 Å². The number of carboxylic acid groups (broad SMARTS) is 1. The zero-order chi connectivity index (χ0) is 22.0. The number of carbonyl (C=O) groups is 3. The van der Waals surface area contributed by atoms with Gasteiger partial charge in [-0.05, 0) is 18.6 Å². The van der Waals surface area contributed by atoms with Gasteiger partial charge in [-0.3, -0.25) is 9.59 Å². The number of carboxylic acids is 1. The number of fused-ring (bicyclic) bond motifs is 1. The van der Waals surface area contributed by atoms with Crippen molar-refractivity contribution in [2.45, 2.75) is 24.0 Å². The van der Waals surface area contributed by atoms with E-state index in [0.717, 1.165) is 6.42 Å². The molecule has 31 heavy (non-hydrogen) atoms. The Hall–Kier alpha value is -2.63. The monoisotopic (exact) mass is 465 g/mol. The summed E-state index contributed by atoms with van der Waals surface area (Å²) in [7, 11) is 0. The van der Waals surface area contributed by atoms with Gasteiger partial charge in [0.1, 0.15) is 17.6 Å². The van der Waals surface area contributed by atoms with Crippen LogP contribution in [0.4, 0.5) is 5.82 Å². The SMILES string of the molecule is O=C(Cn1c(C(=O)O)nc2c1CSC2C(=O)N1CCCOCC1)Nc1ccc(Cl)cn1. The van der Waals surface area contributed by atoms with Crippen LogP contribution in [0.25, 0.3) is 0 Å². The third kappa shape index (κ3) is 4.68. The van der Waals surface area contributed by atoms with Gasteiger partial charge in [0, 0.05) is 31.6 Å². The van der Waals surface area contributed by atoms with E-state index in [0.29, 0.717) is 54.3 Å². The predicted molar refractivity (Wildman–Crippen MR) is 113 cm³/mol. The Morgan fingerprint density at radius 3 is 2.87 bits per heavy atom. The lowest BCUT2D eigenvalue weighted by Gasteiger charge is -2.22. The summed E-state index contributed by atoms with van der Waals surface area (Å²) in [5, 5.41) is 12.1. The van der Waals surface area contributed by atoms with Crippen LogP contribution in [-0.2, 0) is 26.6 Å². The van der Waals surface area contributed by atoms with Gasteiger partial charge in [-0.2, -0.15) is 0 Å². The third-order valence-electron chi connectivity index (χ3n) is 4.98. The highest BCUT2D eigenvalue weighted by atomic mass is 35.5. The van der Waals surface area contributed by atoms with Crippen molar-refractivity contribution in [1.82, 2.24) is 19.4 Å². The standard InChI is InChI=1S/C19H20ClN5O5S/c20-11-2-3-13(21-8-11)22-14(26)9-25-12-10-31-16(15(12)23-17(25)19(28)29)18(27)24-4-1-6-30-7-5-24/h2-3,8,16H,1,4-7,9-10H2,(H,28,29)(H,21,22,26).